The zero-order chi connectivity index (χ0) is 18.6. The van der Waals surface area contributed by atoms with Crippen molar-refractivity contribution in [3.8, 4) is 0 Å². The van der Waals surface area contributed by atoms with Crippen molar-refractivity contribution in [1.29, 1.82) is 0 Å². The van der Waals surface area contributed by atoms with Crippen LogP contribution in [0.3, 0.4) is 0 Å². The van der Waals surface area contributed by atoms with E-state index >= 15 is 0 Å². The van der Waals surface area contributed by atoms with Crippen molar-refractivity contribution in [3.63, 3.8) is 0 Å². The molecule has 2 bridgehead atoms. The molecule has 2 aromatic rings. The van der Waals surface area contributed by atoms with Gasteiger partial charge in [-0.05, 0) is 18.4 Å². The van der Waals surface area contributed by atoms with E-state index in [9.17, 15) is 18.0 Å². The minimum atomic E-state index is -4.89. The van der Waals surface area contributed by atoms with Gasteiger partial charge in [0, 0.05) is 15.1 Å². The van der Waals surface area contributed by atoms with Crippen LogP contribution in [0.25, 0.3) is 10.1 Å². The molecule has 2 atom stereocenters. The Hall–Kier alpha value is -2.21. The van der Waals surface area contributed by atoms with Crippen molar-refractivity contribution in [3.05, 3.63) is 34.7 Å². The highest BCUT2D eigenvalue weighted by Gasteiger charge is 2.54. The quantitative estimate of drug-likeness (QED) is 0.619. The van der Waals surface area contributed by atoms with Crippen LogP contribution >= 0.6 is 11.3 Å². The number of fused-ring (bicyclic) bond motifs is 6. The molecule has 138 valence electrons. The molecular formula is C15H14N2O7S2. The second-order valence-electron chi connectivity index (χ2n) is 5.81. The molecule has 4 rings (SSSR count). The lowest BCUT2D eigenvalue weighted by Crippen LogP contribution is -2.39. The Morgan fingerprint density at radius 2 is 2.12 bits per heavy atom. The molecule has 1 aromatic carbocycles. The first kappa shape index (κ1) is 17.2. The average molecular weight is 398 g/mol. The average Bonchev–Trinajstić information content (AvgIpc) is 3.07. The fraction of sp³-hybridized carbons (Fsp3) is 0.333. The first-order valence-corrected chi connectivity index (χ1v) is 9.94. The summed E-state index contributed by atoms with van der Waals surface area (Å²) < 4.78 is 41.8. The van der Waals surface area contributed by atoms with Crippen molar-refractivity contribution in [2.75, 3.05) is 13.2 Å². The molecule has 1 fully saturated rings. The molecule has 0 spiro atoms. The molecule has 2 amide bonds. The normalized spacial score (nSPS) is 22.0. The van der Waals surface area contributed by atoms with Gasteiger partial charge < -0.3 is 9.64 Å². The fourth-order valence-electron chi connectivity index (χ4n) is 3.43. The van der Waals surface area contributed by atoms with Gasteiger partial charge in [0.1, 0.15) is 6.04 Å². The molecule has 0 aliphatic carbocycles. The van der Waals surface area contributed by atoms with E-state index in [1.54, 1.807) is 6.92 Å². The summed E-state index contributed by atoms with van der Waals surface area (Å²) in [6.45, 7) is 1.86. The van der Waals surface area contributed by atoms with E-state index in [2.05, 4.69) is 4.28 Å². The number of thiophene rings is 1. The van der Waals surface area contributed by atoms with Crippen LogP contribution < -0.4 is 0 Å². The third kappa shape index (κ3) is 2.55. The predicted octanol–water partition coefficient (Wildman–Crippen LogP) is 2.03. The van der Waals surface area contributed by atoms with Gasteiger partial charge in [-0.25, -0.2) is 9.59 Å². The zero-order valence-electron chi connectivity index (χ0n) is 13.5. The second kappa shape index (κ2) is 5.91. The zero-order valence-corrected chi connectivity index (χ0v) is 15.1. The number of hydrogen-bond donors (Lipinski definition) is 1. The summed E-state index contributed by atoms with van der Waals surface area (Å²) in [5.41, 5.74) is 0.607. The lowest BCUT2D eigenvalue weighted by atomic mass is 9.95. The summed E-state index contributed by atoms with van der Waals surface area (Å²) in [5.74, 6) is -0.599. The van der Waals surface area contributed by atoms with Crippen molar-refractivity contribution in [1.82, 2.24) is 9.96 Å². The lowest BCUT2D eigenvalue weighted by molar-refractivity contribution is -0.148. The molecule has 0 radical (unpaired) electrons. The van der Waals surface area contributed by atoms with Crippen molar-refractivity contribution >= 4 is 43.8 Å². The molecule has 1 N–H and O–H groups in total. The molecule has 2 aliphatic heterocycles. The van der Waals surface area contributed by atoms with E-state index < -0.39 is 34.5 Å². The van der Waals surface area contributed by atoms with Crippen molar-refractivity contribution in [2.45, 2.75) is 19.0 Å². The molecule has 2 aliphatic rings. The number of benzene rings is 1. The fourth-order valence-corrected chi connectivity index (χ4v) is 5.10. The molecule has 11 heteroatoms. The highest BCUT2D eigenvalue weighted by molar-refractivity contribution is 7.80. The summed E-state index contributed by atoms with van der Waals surface area (Å²) >= 11 is 1.35. The van der Waals surface area contributed by atoms with Gasteiger partial charge in [-0.15, -0.1) is 15.6 Å². The molecular weight excluding hydrogens is 384 g/mol. The summed E-state index contributed by atoms with van der Waals surface area (Å²) in [6, 6.07) is 4.80. The number of rotatable bonds is 4. The number of urea groups is 1. The summed E-state index contributed by atoms with van der Waals surface area (Å²) in [4.78, 5) is 27.1. The number of carbonyl (C=O) groups is 2. The van der Waals surface area contributed by atoms with Gasteiger partial charge in [-0.3, -0.25) is 4.55 Å². The highest BCUT2D eigenvalue weighted by atomic mass is 32.3. The van der Waals surface area contributed by atoms with Gasteiger partial charge in [0.05, 0.1) is 13.2 Å². The standard InChI is InChI=1S/C15H14N2O7S2/c1-2-23-14(18)12-11-8-5-3-4-6-10(8)25-13(11)9-7-16(12)15(19)17(9)24-26(20,21)22/h3-6,9,12H,2,7H2,1H3,(H,20,21,22). The number of ether oxygens (including phenoxy) is 1. The maximum Gasteiger partial charge on any atom is 0.418 e. The molecule has 1 aromatic heterocycles. The van der Waals surface area contributed by atoms with Crippen LogP contribution in [0.15, 0.2) is 24.3 Å². The third-order valence-corrected chi connectivity index (χ3v) is 5.96. The van der Waals surface area contributed by atoms with Gasteiger partial charge in [-0.1, -0.05) is 18.2 Å². The molecule has 2 unspecified atom stereocenters. The van der Waals surface area contributed by atoms with E-state index in [1.165, 1.54) is 16.2 Å². The molecule has 3 heterocycles. The third-order valence-electron chi connectivity index (χ3n) is 4.32. The van der Waals surface area contributed by atoms with Crippen LogP contribution in [0.1, 0.15) is 29.4 Å². The Morgan fingerprint density at radius 3 is 2.81 bits per heavy atom. The minimum Gasteiger partial charge on any atom is -0.464 e. The number of carbonyl (C=O) groups excluding carboxylic acids is 2. The van der Waals surface area contributed by atoms with E-state index in [1.807, 2.05) is 24.3 Å². The topological polar surface area (TPSA) is 113 Å². The first-order chi connectivity index (χ1) is 12.3. The van der Waals surface area contributed by atoms with E-state index in [4.69, 9.17) is 9.29 Å². The Morgan fingerprint density at radius 1 is 1.38 bits per heavy atom. The lowest BCUT2D eigenvalue weighted by Gasteiger charge is -2.29. The smallest absolute Gasteiger partial charge is 0.418 e. The monoisotopic (exact) mass is 398 g/mol. The number of nitrogens with zero attached hydrogens (tertiary/aromatic N) is 2. The minimum absolute atomic E-state index is 0.0532. The van der Waals surface area contributed by atoms with E-state index in [0.717, 1.165) is 10.1 Å². The molecule has 1 saturated heterocycles. The van der Waals surface area contributed by atoms with Crippen LogP contribution in [0.5, 0.6) is 0 Å². The van der Waals surface area contributed by atoms with Crippen LogP contribution in [-0.4, -0.2) is 48.1 Å². The van der Waals surface area contributed by atoms with Gasteiger partial charge >= 0.3 is 22.4 Å². The van der Waals surface area contributed by atoms with Gasteiger partial charge in [0.15, 0.2) is 6.04 Å². The maximum absolute atomic E-state index is 12.6. The first-order valence-electron chi connectivity index (χ1n) is 7.76. The second-order valence-corrected chi connectivity index (χ2v) is 7.90. The van der Waals surface area contributed by atoms with Crippen LogP contribution in [-0.2, 0) is 24.2 Å². The maximum atomic E-state index is 12.6. The van der Waals surface area contributed by atoms with E-state index in [0.29, 0.717) is 15.5 Å². The Labute approximate surface area is 152 Å². The highest BCUT2D eigenvalue weighted by Crippen LogP contribution is 2.50. The number of amides is 2. The molecule has 9 nitrogen and oxygen atoms in total. The van der Waals surface area contributed by atoms with Crippen LogP contribution in [0.4, 0.5) is 4.79 Å². The van der Waals surface area contributed by atoms with Gasteiger partial charge in [0.2, 0.25) is 0 Å². The Balaban J connectivity index is 1.91. The predicted molar refractivity (Wildman–Crippen MR) is 90.5 cm³/mol. The van der Waals surface area contributed by atoms with E-state index in [-0.39, 0.29) is 13.2 Å². The van der Waals surface area contributed by atoms with Gasteiger partial charge in [-0.2, -0.15) is 13.5 Å². The van der Waals surface area contributed by atoms with Crippen LogP contribution in [0, 0.1) is 0 Å². The number of esters is 1. The summed E-state index contributed by atoms with van der Waals surface area (Å²) in [6.07, 6.45) is 0. The van der Waals surface area contributed by atoms with Gasteiger partial charge in [0.25, 0.3) is 0 Å². The Bertz CT molecular complexity index is 1020. The van der Waals surface area contributed by atoms with Crippen molar-refractivity contribution < 1.29 is 31.6 Å². The SMILES string of the molecule is CCOC(=O)C1c2c(sc3ccccc23)C2CN1C(=O)N2OS(=O)(=O)O. The summed E-state index contributed by atoms with van der Waals surface area (Å²) in [5, 5.41) is 1.39. The van der Waals surface area contributed by atoms with Crippen LogP contribution in [0.2, 0.25) is 0 Å². The molecule has 0 saturated carbocycles. The Kier molecular flexibility index (Phi) is 3.91. The molecule has 26 heavy (non-hydrogen) atoms. The number of hydrogen-bond acceptors (Lipinski definition) is 7. The summed E-state index contributed by atoms with van der Waals surface area (Å²) in [7, 11) is -4.89. The largest absolute Gasteiger partial charge is 0.464 e. The number of hydroxylamine groups is 2. The van der Waals surface area contributed by atoms with Crippen molar-refractivity contribution in [2.24, 2.45) is 0 Å².